The summed E-state index contributed by atoms with van der Waals surface area (Å²) in [5.41, 5.74) is 1.73. The number of carbonyl (C=O) groups is 5. The predicted octanol–water partition coefficient (Wildman–Crippen LogP) is 3.29. The summed E-state index contributed by atoms with van der Waals surface area (Å²) < 4.78 is 46.0. The van der Waals surface area contributed by atoms with Crippen LogP contribution < -0.4 is 20.1 Å². The summed E-state index contributed by atoms with van der Waals surface area (Å²) in [5.74, 6) is -1.26. The first kappa shape index (κ1) is 52.9. The van der Waals surface area contributed by atoms with Gasteiger partial charge in [-0.3, -0.25) is 33.8 Å². The standard InChI is InChI=1S/C51H64N4O13/c56-47(39-66-43-17-9-3-10-18-43)45(33-51(60)68-37-42-15-7-2-8-16-42)52-49(58)34-54-21-25-61-29-31-63-27-23-55(24-28-64-32-30-62-26-22-54)35-50(59)53-46(38-65-36-41-13-5-1-6-14-41)48(57)40-67-44-19-11-4-12-20-44/h1-20,45-46H,21-40H2,(H,52,58)(H,53,59)/t45-,46+/m0/s1. The van der Waals surface area contributed by atoms with Crippen LogP contribution in [0.25, 0.3) is 0 Å². The Bertz CT molecular complexity index is 2030. The maximum atomic E-state index is 13.5. The van der Waals surface area contributed by atoms with Gasteiger partial charge >= 0.3 is 5.97 Å². The van der Waals surface area contributed by atoms with Crippen molar-refractivity contribution in [3.63, 3.8) is 0 Å². The second-order valence-corrected chi connectivity index (χ2v) is 15.7. The zero-order chi connectivity index (χ0) is 47.9. The summed E-state index contributed by atoms with van der Waals surface area (Å²) >= 11 is 0. The molecule has 1 saturated heterocycles. The normalized spacial score (nSPS) is 15.9. The zero-order valence-electron chi connectivity index (χ0n) is 38.5. The van der Waals surface area contributed by atoms with Crippen molar-refractivity contribution in [3.8, 4) is 11.5 Å². The third kappa shape index (κ3) is 22.2. The first-order valence-electron chi connectivity index (χ1n) is 22.9. The Balaban J connectivity index is 1.07. The van der Waals surface area contributed by atoms with Crippen molar-refractivity contribution in [3.05, 3.63) is 132 Å². The number of nitrogens with zero attached hydrogens (tertiary/aromatic N) is 2. The molecule has 0 saturated carbocycles. The fraction of sp³-hybridized carbons (Fsp3) is 0.431. The molecule has 0 spiro atoms. The van der Waals surface area contributed by atoms with E-state index >= 15 is 0 Å². The van der Waals surface area contributed by atoms with Crippen LogP contribution in [-0.2, 0) is 65.6 Å². The Labute approximate surface area is 398 Å². The van der Waals surface area contributed by atoms with Gasteiger partial charge in [-0.25, -0.2) is 0 Å². The minimum absolute atomic E-state index is 0.0140. The molecule has 2 N–H and O–H groups in total. The lowest BCUT2D eigenvalue weighted by Gasteiger charge is -2.25. The molecule has 0 aromatic heterocycles. The van der Waals surface area contributed by atoms with Gasteiger partial charge in [-0.15, -0.1) is 0 Å². The topological polar surface area (TPSA) is 190 Å². The number of hydrogen-bond donors (Lipinski definition) is 2. The minimum atomic E-state index is -1.18. The third-order valence-corrected chi connectivity index (χ3v) is 10.4. The first-order valence-corrected chi connectivity index (χ1v) is 22.9. The molecule has 366 valence electrons. The number of nitrogens with one attached hydrogen (secondary N) is 2. The molecule has 0 aliphatic carbocycles. The van der Waals surface area contributed by atoms with Gasteiger partial charge in [0.1, 0.15) is 43.4 Å². The van der Waals surface area contributed by atoms with Crippen LogP contribution in [0.5, 0.6) is 11.5 Å². The Morgan fingerprint density at radius 1 is 0.485 bits per heavy atom. The molecule has 4 aromatic carbocycles. The number of carbonyl (C=O) groups excluding carboxylic acids is 5. The molecular weight excluding hydrogens is 877 g/mol. The quantitative estimate of drug-likeness (QED) is 0.109. The van der Waals surface area contributed by atoms with Gasteiger partial charge in [-0.1, -0.05) is 97.1 Å². The average molecular weight is 941 g/mol. The van der Waals surface area contributed by atoms with Crippen molar-refractivity contribution in [1.29, 1.82) is 0 Å². The van der Waals surface area contributed by atoms with Crippen molar-refractivity contribution in [2.45, 2.75) is 31.7 Å². The van der Waals surface area contributed by atoms with Crippen molar-refractivity contribution >= 4 is 29.4 Å². The van der Waals surface area contributed by atoms with Gasteiger partial charge in [-0.2, -0.15) is 0 Å². The fourth-order valence-electron chi connectivity index (χ4n) is 6.68. The molecule has 2 atom stereocenters. The highest BCUT2D eigenvalue weighted by Gasteiger charge is 2.27. The number of ether oxygens (including phenoxy) is 8. The van der Waals surface area contributed by atoms with Crippen LogP contribution in [-0.4, -0.2) is 163 Å². The lowest BCUT2D eigenvalue weighted by Crippen LogP contribution is -2.50. The summed E-state index contributed by atoms with van der Waals surface area (Å²) in [5, 5.41) is 5.58. The molecule has 0 bridgehead atoms. The van der Waals surface area contributed by atoms with Crippen LogP contribution >= 0.6 is 0 Å². The molecule has 1 fully saturated rings. The van der Waals surface area contributed by atoms with Crippen molar-refractivity contribution in [1.82, 2.24) is 20.4 Å². The fourth-order valence-corrected chi connectivity index (χ4v) is 6.68. The maximum absolute atomic E-state index is 13.5. The van der Waals surface area contributed by atoms with Crippen LogP contribution in [0.4, 0.5) is 0 Å². The van der Waals surface area contributed by atoms with Gasteiger partial charge in [0.05, 0.1) is 85.6 Å². The monoisotopic (exact) mass is 940 g/mol. The summed E-state index contributed by atoms with van der Waals surface area (Å²) in [6, 6.07) is 34.4. The minimum Gasteiger partial charge on any atom is -0.486 e. The number of rotatable bonds is 22. The molecule has 17 heteroatoms. The van der Waals surface area contributed by atoms with Gasteiger partial charge in [0.25, 0.3) is 0 Å². The predicted molar refractivity (Wildman–Crippen MR) is 251 cm³/mol. The molecule has 0 unspecified atom stereocenters. The highest BCUT2D eigenvalue weighted by Crippen LogP contribution is 2.11. The lowest BCUT2D eigenvalue weighted by atomic mass is 10.1. The third-order valence-electron chi connectivity index (χ3n) is 10.4. The molecule has 17 nitrogen and oxygen atoms in total. The number of Topliss-reactive ketones (excluding diaryl/α,β-unsaturated/α-hetero) is 2. The highest BCUT2D eigenvalue weighted by atomic mass is 16.5. The number of amides is 2. The first-order chi connectivity index (χ1) is 33.3. The second-order valence-electron chi connectivity index (χ2n) is 15.7. The molecule has 2 amide bonds. The molecule has 68 heavy (non-hydrogen) atoms. The molecule has 5 rings (SSSR count). The van der Waals surface area contributed by atoms with Gasteiger partial charge in [0, 0.05) is 26.2 Å². The number of ketones is 2. The molecule has 1 heterocycles. The Kier molecular flexibility index (Phi) is 24.8. The van der Waals surface area contributed by atoms with Crippen LogP contribution in [0.2, 0.25) is 0 Å². The smallest absolute Gasteiger partial charge is 0.308 e. The van der Waals surface area contributed by atoms with Crippen LogP contribution in [0, 0.1) is 0 Å². The molecule has 4 aromatic rings. The average Bonchev–Trinajstić information content (AvgIpc) is 3.36. The summed E-state index contributed by atoms with van der Waals surface area (Å²) in [6.07, 6.45) is -0.370. The largest absolute Gasteiger partial charge is 0.486 e. The van der Waals surface area contributed by atoms with E-state index in [1.165, 1.54) is 0 Å². The van der Waals surface area contributed by atoms with Gasteiger partial charge in [0.15, 0.2) is 11.6 Å². The molecular formula is C51H64N4O13. The van der Waals surface area contributed by atoms with Crippen molar-refractivity contribution in [2.24, 2.45) is 0 Å². The van der Waals surface area contributed by atoms with Crippen molar-refractivity contribution < 1.29 is 61.9 Å². The summed E-state index contributed by atoms with van der Waals surface area (Å²) in [7, 11) is 0. The Morgan fingerprint density at radius 2 is 0.868 bits per heavy atom. The van der Waals surface area contributed by atoms with E-state index in [4.69, 9.17) is 37.9 Å². The maximum Gasteiger partial charge on any atom is 0.308 e. The molecule has 1 aliphatic rings. The lowest BCUT2D eigenvalue weighted by molar-refractivity contribution is -0.147. The number of para-hydroxylation sites is 2. The van der Waals surface area contributed by atoms with E-state index in [9.17, 15) is 24.0 Å². The zero-order valence-corrected chi connectivity index (χ0v) is 38.5. The van der Waals surface area contributed by atoms with Gasteiger partial charge in [0.2, 0.25) is 11.8 Å². The van der Waals surface area contributed by atoms with Gasteiger partial charge in [-0.05, 0) is 35.4 Å². The van der Waals surface area contributed by atoms with E-state index in [0.29, 0.717) is 50.9 Å². The molecule has 1 aliphatic heterocycles. The van der Waals surface area contributed by atoms with Crippen molar-refractivity contribution in [2.75, 3.05) is 112 Å². The van der Waals surface area contributed by atoms with E-state index in [1.54, 1.807) is 36.4 Å². The van der Waals surface area contributed by atoms with E-state index in [2.05, 4.69) is 10.6 Å². The number of esters is 1. The number of benzene rings is 4. The Morgan fingerprint density at radius 3 is 1.31 bits per heavy atom. The second kappa shape index (κ2) is 31.8. The van der Waals surface area contributed by atoms with Crippen LogP contribution in [0.15, 0.2) is 121 Å². The van der Waals surface area contributed by atoms with E-state index in [-0.39, 0.29) is 104 Å². The van der Waals surface area contributed by atoms with Gasteiger partial charge < -0.3 is 48.5 Å². The summed E-state index contributed by atoms with van der Waals surface area (Å²) in [6.45, 7) is 3.38. The molecule has 0 radical (unpaired) electrons. The summed E-state index contributed by atoms with van der Waals surface area (Å²) in [4.78, 5) is 70.2. The van der Waals surface area contributed by atoms with Crippen LogP contribution in [0.3, 0.4) is 0 Å². The number of hydrogen-bond acceptors (Lipinski definition) is 15. The van der Waals surface area contributed by atoms with Crippen LogP contribution in [0.1, 0.15) is 17.5 Å². The van der Waals surface area contributed by atoms with E-state index in [0.717, 1.165) is 11.1 Å². The van der Waals surface area contributed by atoms with E-state index < -0.39 is 29.7 Å². The SMILES string of the molecule is O=C(CN1CCOCCOCCN(CC(=O)N[C@H](COCc2ccccc2)C(=O)COc2ccccc2)CCOCCOCC1)N[C@@H](CC(=O)OCc1ccccc1)C(=O)COc1ccccc1. The van der Waals surface area contributed by atoms with E-state index in [1.807, 2.05) is 94.7 Å². The highest BCUT2D eigenvalue weighted by molar-refractivity contribution is 5.93. The Hall–Kier alpha value is -6.05.